The van der Waals surface area contributed by atoms with Gasteiger partial charge in [0.2, 0.25) is 0 Å². The van der Waals surface area contributed by atoms with Crippen molar-refractivity contribution < 1.29 is 0 Å². The molecule has 0 aliphatic carbocycles. The molecule has 0 radical (unpaired) electrons. The van der Waals surface area contributed by atoms with E-state index in [-0.39, 0.29) is 0 Å². The summed E-state index contributed by atoms with van der Waals surface area (Å²) in [6, 6.07) is 2.19. The van der Waals surface area contributed by atoms with Gasteiger partial charge in [-0.25, -0.2) is 0 Å². The molecule has 1 spiro atoms. The third kappa shape index (κ3) is 1.21. The predicted molar refractivity (Wildman–Crippen MR) is 46.6 cm³/mol. The van der Waals surface area contributed by atoms with Gasteiger partial charge in [-0.1, -0.05) is 0 Å². The van der Waals surface area contributed by atoms with Gasteiger partial charge >= 0.3 is 0 Å². The van der Waals surface area contributed by atoms with E-state index < -0.39 is 0 Å². The Morgan fingerprint density at radius 1 is 1.33 bits per heavy atom. The number of likely N-dealkylation sites (tertiary alicyclic amines) is 2. The first kappa shape index (κ1) is 8.03. The van der Waals surface area contributed by atoms with Crippen molar-refractivity contribution >= 4 is 0 Å². The second-order valence-electron chi connectivity index (χ2n) is 4.29. The Labute approximate surface area is 73.6 Å². The SMILES string of the molecule is CN1CC2(C1)CN(CCC#N)C2. The van der Waals surface area contributed by atoms with Crippen LogP contribution in [0.5, 0.6) is 0 Å². The zero-order valence-corrected chi connectivity index (χ0v) is 7.58. The van der Waals surface area contributed by atoms with E-state index in [0.29, 0.717) is 11.8 Å². The fraction of sp³-hybridized carbons (Fsp3) is 0.889. The van der Waals surface area contributed by atoms with Gasteiger partial charge in [-0.05, 0) is 7.05 Å². The summed E-state index contributed by atoms with van der Waals surface area (Å²) in [6.07, 6.45) is 0.686. The van der Waals surface area contributed by atoms with Crippen LogP contribution in [0.15, 0.2) is 0 Å². The fourth-order valence-electron chi connectivity index (χ4n) is 2.57. The summed E-state index contributed by atoms with van der Waals surface area (Å²) in [4.78, 5) is 4.75. The van der Waals surface area contributed by atoms with Crippen LogP contribution < -0.4 is 0 Å². The zero-order chi connectivity index (χ0) is 8.60. The molecule has 2 aliphatic rings. The molecule has 0 aromatic heterocycles. The maximum atomic E-state index is 8.39. The highest BCUT2D eigenvalue weighted by molar-refractivity contribution is 5.04. The van der Waals surface area contributed by atoms with Gasteiger partial charge in [0.1, 0.15) is 0 Å². The topological polar surface area (TPSA) is 30.3 Å². The van der Waals surface area contributed by atoms with Crippen molar-refractivity contribution in [2.75, 3.05) is 39.8 Å². The van der Waals surface area contributed by atoms with Crippen molar-refractivity contribution in [1.82, 2.24) is 9.80 Å². The van der Waals surface area contributed by atoms with E-state index >= 15 is 0 Å². The van der Waals surface area contributed by atoms with E-state index in [2.05, 4.69) is 22.9 Å². The van der Waals surface area contributed by atoms with Crippen LogP contribution in [-0.4, -0.2) is 49.6 Å². The molecule has 0 atom stereocenters. The lowest BCUT2D eigenvalue weighted by Gasteiger charge is -2.59. The van der Waals surface area contributed by atoms with Crippen LogP contribution in [0, 0.1) is 16.7 Å². The van der Waals surface area contributed by atoms with Crippen molar-refractivity contribution in [3.05, 3.63) is 0 Å². The number of rotatable bonds is 2. The Morgan fingerprint density at radius 3 is 2.50 bits per heavy atom. The summed E-state index contributed by atoms with van der Waals surface area (Å²) in [5.74, 6) is 0. The minimum absolute atomic E-state index is 0.629. The summed E-state index contributed by atoms with van der Waals surface area (Å²) in [7, 11) is 2.17. The molecule has 2 aliphatic heterocycles. The highest BCUT2D eigenvalue weighted by atomic mass is 15.3. The normalized spacial score (nSPS) is 27.7. The molecular weight excluding hydrogens is 150 g/mol. The van der Waals surface area contributed by atoms with Crippen LogP contribution in [0.4, 0.5) is 0 Å². The maximum Gasteiger partial charge on any atom is 0.0635 e. The minimum Gasteiger partial charge on any atom is -0.305 e. The lowest BCUT2D eigenvalue weighted by molar-refractivity contribution is -0.103. The van der Waals surface area contributed by atoms with Crippen molar-refractivity contribution in [2.45, 2.75) is 6.42 Å². The molecular formula is C9H15N3. The van der Waals surface area contributed by atoms with Gasteiger partial charge in [0, 0.05) is 44.6 Å². The van der Waals surface area contributed by atoms with Gasteiger partial charge in [-0.3, -0.25) is 0 Å². The predicted octanol–water partition coefficient (Wildman–Crippen LogP) is 0.147. The molecule has 0 aromatic carbocycles. The molecule has 2 saturated heterocycles. The molecule has 12 heavy (non-hydrogen) atoms. The minimum atomic E-state index is 0.629. The standard InChI is InChI=1S/C9H15N3/c1-11-5-9(6-11)7-12(8-9)4-2-3-10/h2,4-8H2,1H3. The monoisotopic (exact) mass is 165 g/mol. The fourth-order valence-corrected chi connectivity index (χ4v) is 2.57. The Bertz CT molecular complexity index is 204. The van der Waals surface area contributed by atoms with E-state index in [1.54, 1.807) is 0 Å². The molecule has 0 N–H and O–H groups in total. The van der Waals surface area contributed by atoms with Crippen molar-refractivity contribution in [1.29, 1.82) is 5.26 Å². The summed E-state index contributed by atoms with van der Waals surface area (Å²) in [5, 5.41) is 8.39. The summed E-state index contributed by atoms with van der Waals surface area (Å²) in [6.45, 7) is 5.94. The molecule has 2 rings (SSSR count). The molecule has 3 nitrogen and oxygen atoms in total. The van der Waals surface area contributed by atoms with E-state index in [1.807, 2.05) is 0 Å². The van der Waals surface area contributed by atoms with Crippen LogP contribution >= 0.6 is 0 Å². The highest BCUT2D eigenvalue weighted by Gasteiger charge is 2.49. The summed E-state index contributed by atoms with van der Waals surface area (Å²) < 4.78 is 0. The quantitative estimate of drug-likeness (QED) is 0.583. The average molecular weight is 165 g/mol. The molecule has 0 unspecified atom stereocenters. The first-order valence-corrected chi connectivity index (χ1v) is 4.52. The van der Waals surface area contributed by atoms with E-state index in [9.17, 15) is 0 Å². The zero-order valence-electron chi connectivity index (χ0n) is 7.58. The number of hydrogen-bond acceptors (Lipinski definition) is 3. The van der Waals surface area contributed by atoms with Crippen LogP contribution in [0.1, 0.15) is 6.42 Å². The highest BCUT2D eigenvalue weighted by Crippen LogP contribution is 2.38. The number of nitriles is 1. The molecule has 66 valence electrons. The Morgan fingerprint density at radius 2 is 2.00 bits per heavy atom. The number of hydrogen-bond donors (Lipinski definition) is 0. The lowest BCUT2D eigenvalue weighted by Crippen LogP contribution is -2.71. The summed E-state index contributed by atoms with van der Waals surface area (Å²) in [5.41, 5.74) is 0.629. The second-order valence-corrected chi connectivity index (χ2v) is 4.29. The van der Waals surface area contributed by atoms with Gasteiger partial charge in [-0.2, -0.15) is 5.26 Å². The van der Waals surface area contributed by atoms with Crippen LogP contribution in [0.25, 0.3) is 0 Å². The largest absolute Gasteiger partial charge is 0.305 e. The third-order valence-electron chi connectivity index (χ3n) is 2.87. The Kier molecular flexibility index (Phi) is 1.82. The second kappa shape index (κ2) is 2.72. The van der Waals surface area contributed by atoms with Crippen LogP contribution in [-0.2, 0) is 0 Å². The van der Waals surface area contributed by atoms with E-state index in [1.165, 1.54) is 26.2 Å². The Hall–Kier alpha value is -0.590. The molecule has 2 heterocycles. The smallest absolute Gasteiger partial charge is 0.0635 e. The first-order chi connectivity index (χ1) is 5.74. The van der Waals surface area contributed by atoms with Gasteiger partial charge in [0.25, 0.3) is 0 Å². The van der Waals surface area contributed by atoms with Gasteiger partial charge in [-0.15, -0.1) is 0 Å². The van der Waals surface area contributed by atoms with Crippen LogP contribution in [0.3, 0.4) is 0 Å². The lowest BCUT2D eigenvalue weighted by atomic mass is 9.73. The molecule has 0 bridgehead atoms. The van der Waals surface area contributed by atoms with E-state index in [0.717, 1.165) is 6.54 Å². The van der Waals surface area contributed by atoms with Crippen molar-refractivity contribution in [2.24, 2.45) is 5.41 Å². The Balaban J connectivity index is 1.68. The van der Waals surface area contributed by atoms with Crippen molar-refractivity contribution in [3.63, 3.8) is 0 Å². The third-order valence-corrected chi connectivity index (χ3v) is 2.87. The van der Waals surface area contributed by atoms with Gasteiger partial charge in [0.05, 0.1) is 6.07 Å². The molecule has 0 aromatic rings. The molecule has 3 heteroatoms. The van der Waals surface area contributed by atoms with Gasteiger partial charge in [0.15, 0.2) is 0 Å². The van der Waals surface area contributed by atoms with Crippen LogP contribution in [0.2, 0.25) is 0 Å². The molecule has 2 fully saturated rings. The van der Waals surface area contributed by atoms with E-state index in [4.69, 9.17) is 5.26 Å². The summed E-state index contributed by atoms with van der Waals surface area (Å²) >= 11 is 0. The molecule has 0 saturated carbocycles. The number of nitrogens with zero attached hydrogens (tertiary/aromatic N) is 3. The van der Waals surface area contributed by atoms with Gasteiger partial charge < -0.3 is 9.80 Å². The average Bonchev–Trinajstić information content (AvgIpc) is 1.91. The maximum absolute atomic E-state index is 8.39. The first-order valence-electron chi connectivity index (χ1n) is 4.52. The molecule has 0 amide bonds. The van der Waals surface area contributed by atoms with Crippen molar-refractivity contribution in [3.8, 4) is 6.07 Å².